The van der Waals surface area contributed by atoms with Gasteiger partial charge in [-0.05, 0) is 31.5 Å². The van der Waals surface area contributed by atoms with Crippen LogP contribution in [0.1, 0.15) is 24.6 Å². The van der Waals surface area contributed by atoms with Gasteiger partial charge in [0, 0.05) is 31.1 Å². The normalized spacial score (nSPS) is 16.3. The predicted octanol–water partition coefficient (Wildman–Crippen LogP) is 2.23. The molecule has 1 aliphatic heterocycles. The molecule has 1 aromatic heterocycles. The number of carbonyl (C=O) groups is 2. The van der Waals surface area contributed by atoms with E-state index in [0.717, 1.165) is 41.7 Å². The Labute approximate surface area is 158 Å². The monoisotopic (exact) mass is 387 g/mol. The second-order valence-corrected chi connectivity index (χ2v) is 8.22. The maximum atomic E-state index is 12.4. The Kier molecular flexibility index (Phi) is 7.68. The van der Waals surface area contributed by atoms with Crippen molar-refractivity contribution in [1.82, 2.24) is 14.7 Å². The predicted molar refractivity (Wildman–Crippen MR) is 100 cm³/mol. The van der Waals surface area contributed by atoms with E-state index in [9.17, 15) is 9.59 Å². The van der Waals surface area contributed by atoms with Crippen LogP contribution in [-0.2, 0) is 16.1 Å². The number of hydrogen-bond acceptors (Lipinski definition) is 5. The summed E-state index contributed by atoms with van der Waals surface area (Å²) in [6.07, 6.45) is 1.80. The zero-order chi connectivity index (χ0) is 18.4. The Bertz CT molecular complexity index is 587. The number of likely N-dealkylation sites (tertiary alicyclic amines) is 1. The van der Waals surface area contributed by atoms with Crippen LogP contribution < -0.4 is 0 Å². The fourth-order valence-electron chi connectivity index (χ4n) is 3.19. The van der Waals surface area contributed by atoms with Crippen LogP contribution >= 0.6 is 22.9 Å². The van der Waals surface area contributed by atoms with Gasteiger partial charge in [0.15, 0.2) is 0 Å². The molecule has 2 rings (SSSR count). The Morgan fingerprint density at radius 1 is 1.36 bits per heavy atom. The molecule has 2 heterocycles. The first-order valence-electron chi connectivity index (χ1n) is 8.55. The molecule has 8 heteroatoms. The molecule has 1 N–H and O–H groups in total. The molecule has 0 spiro atoms. The lowest BCUT2D eigenvalue weighted by Gasteiger charge is -2.37. The maximum Gasteiger partial charge on any atom is 0.317 e. The van der Waals surface area contributed by atoms with Crippen molar-refractivity contribution < 1.29 is 14.7 Å². The first kappa shape index (κ1) is 20.2. The van der Waals surface area contributed by atoms with E-state index in [-0.39, 0.29) is 12.5 Å². The molecule has 0 aromatic carbocycles. The Morgan fingerprint density at radius 3 is 2.56 bits per heavy atom. The van der Waals surface area contributed by atoms with Crippen LogP contribution in [0.2, 0.25) is 4.34 Å². The fraction of sp³-hybridized carbons (Fsp3) is 0.647. The van der Waals surface area contributed by atoms with Crippen LogP contribution in [-0.4, -0.2) is 77.5 Å². The standard InChI is InChI=1S/C17H26ClN3O3S/c1-3-21(12-17(23)24)13-6-8-20(9-7-13)11-16(22)19(2)10-14-4-5-15(18)25-14/h4-5,13H,3,6-12H2,1-2H3,(H,23,24). The van der Waals surface area contributed by atoms with Crippen molar-refractivity contribution in [2.24, 2.45) is 0 Å². The molecule has 1 amide bonds. The van der Waals surface area contributed by atoms with E-state index >= 15 is 0 Å². The van der Waals surface area contributed by atoms with Crippen LogP contribution in [0.15, 0.2) is 12.1 Å². The number of piperidine rings is 1. The molecule has 0 aliphatic carbocycles. The van der Waals surface area contributed by atoms with Crippen molar-refractivity contribution >= 4 is 34.8 Å². The van der Waals surface area contributed by atoms with Gasteiger partial charge in [-0.25, -0.2) is 0 Å². The number of likely N-dealkylation sites (N-methyl/N-ethyl adjacent to an activating group) is 2. The van der Waals surface area contributed by atoms with Gasteiger partial charge in [-0.3, -0.25) is 19.4 Å². The molecule has 6 nitrogen and oxygen atoms in total. The first-order chi connectivity index (χ1) is 11.9. The highest BCUT2D eigenvalue weighted by Crippen LogP contribution is 2.22. The van der Waals surface area contributed by atoms with Gasteiger partial charge in [-0.15, -0.1) is 11.3 Å². The second kappa shape index (κ2) is 9.52. The Morgan fingerprint density at radius 2 is 2.04 bits per heavy atom. The number of hydrogen-bond donors (Lipinski definition) is 1. The Hall–Kier alpha value is -1.15. The van der Waals surface area contributed by atoms with E-state index < -0.39 is 5.97 Å². The quantitative estimate of drug-likeness (QED) is 0.741. The number of thiophene rings is 1. The number of carbonyl (C=O) groups excluding carboxylic acids is 1. The third-order valence-corrected chi connectivity index (χ3v) is 5.84. The SMILES string of the molecule is CCN(CC(=O)O)C1CCN(CC(=O)N(C)Cc2ccc(Cl)s2)CC1. The summed E-state index contributed by atoms with van der Waals surface area (Å²) in [5.41, 5.74) is 0. The summed E-state index contributed by atoms with van der Waals surface area (Å²) in [7, 11) is 1.81. The van der Waals surface area contributed by atoms with Crippen LogP contribution in [0, 0.1) is 0 Å². The lowest BCUT2D eigenvalue weighted by Crippen LogP contribution is -2.48. The fourth-order valence-corrected chi connectivity index (χ4v) is 4.33. The highest BCUT2D eigenvalue weighted by atomic mass is 35.5. The van der Waals surface area contributed by atoms with Gasteiger partial charge in [0.05, 0.1) is 24.0 Å². The molecule has 1 aliphatic rings. The van der Waals surface area contributed by atoms with E-state index in [1.165, 1.54) is 11.3 Å². The molecule has 1 aromatic rings. The molecule has 0 radical (unpaired) electrons. The molecule has 25 heavy (non-hydrogen) atoms. The number of rotatable bonds is 8. The average Bonchev–Trinajstić information content (AvgIpc) is 2.98. The van der Waals surface area contributed by atoms with Crippen LogP contribution in [0.4, 0.5) is 0 Å². The van der Waals surface area contributed by atoms with E-state index in [2.05, 4.69) is 4.90 Å². The summed E-state index contributed by atoms with van der Waals surface area (Å²) < 4.78 is 0.736. The van der Waals surface area contributed by atoms with E-state index in [4.69, 9.17) is 16.7 Å². The van der Waals surface area contributed by atoms with Gasteiger partial charge >= 0.3 is 5.97 Å². The molecule has 0 atom stereocenters. The van der Waals surface area contributed by atoms with Gasteiger partial charge in [0.25, 0.3) is 0 Å². The van der Waals surface area contributed by atoms with Crippen molar-refractivity contribution in [3.8, 4) is 0 Å². The van der Waals surface area contributed by atoms with Crippen LogP contribution in [0.5, 0.6) is 0 Å². The number of halogens is 1. The molecular formula is C17H26ClN3O3S. The lowest BCUT2D eigenvalue weighted by molar-refractivity contribution is -0.139. The summed E-state index contributed by atoms with van der Waals surface area (Å²) in [5, 5.41) is 8.99. The molecular weight excluding hydrogens is 362 g/mol. The van der Waals surface area contributed by atoms with Crippen molar-refractivity contribution in [2.75, 3.05) is 39.8 Å². The third-order valence-electron chi connectivity index (χ3n) is 4.62. The molecule has 140 valence electrons. The largest absolute Gasteiger partial charge is 0.480 e. The molecule has 1 fully saturated rings. The van der Waals surface area contributed by atoms with E-state index in [1.807, 2.05) is 31.0 Å². The van der Waals surface area contributed by atoms with Crippen molar-refractivity contribution in [3.63, 3.8) is 0 Å². The number of amides is 1. The molecule has 0 bridgehead atoms. The number of nitrogens with zero attached hydrogens (tertiary/aromatic N) is 3. The van der Waals surface area contributed by atoms with Crippen molar-refractivity contribution in [1.29, 1.82) is 0 Å². The summed E-state index contributed by atoms with van der Waals surface area (Å²) in [6.45, 7) is 5.46. The highest BCUT2D eigenvalue weighted by Gasteiger charge is 2.26. The van der Waals surface area contributed by atoms with Gasteiger partial charge in [0.1, 0.15) is 0 Å². The average molecular weight is 388 g/mol. The number of carboxylic acids is 1. The minimum absolute atomic E-state index is 0.0895. The zero-order valence-electron chi connectivity index (χ0n) is 14.8. The van der Waals surface area contributed by atoms with Crippen molar-refractivity contribution in [3.05, 3.63) is 21.3 Å². The zero-order valence-corrected chi connectivity index (χ0v) is 16.4. The van der Waals surface area contributed by atoms with Crippen LogP contribution in [0.3, 0.4) is 0 Å². The smallest absolute Gasteiger partial charge is 0.317 e. The summed E-state index contributed by atoms with van der Waals surface area (Å²) in [5.74, 6) is -0.685. The lowest BCUT2D eigenvalue weighted by atomic mass is 10.0. The molecule has 0 saturated carbocycles. The Balaban J connectivity index is 1.76. The summed E-state index contributed by atoms with van der Waals surface area (Å²) in [6, 6.07) is 4.09. The van der Waals surface area contributed by atoms with E-state index in [0.29, 0.717) is 19.1 Å². The second-order valence-electron chi connectivity index (χ2n) is 6.42. The van der Waals surface area contributed by atoms with E-state index in [1.54, 1.807) is 4.90 Å². The topological polar surface area (TPSA) is 64.1 Å². The van der Waals surface area contributed by atoms with Gasteiger partial charge < -0.3 is 10.0 Å². The van der Waals surface area contributed by atoms with Gasteiger partial charge in [-0.1, -0.05) is 18.5 Å². The molecule has 1 saturated heterocycles. The molecule has 0 unspecified atom stereocenters. The highest BCUT2D eigenvalue weighted by molar-refractivity contribution is 7.16. The summed E-state index contributed by atoms with van der Waals surface area (Å²) >= 11 is 7.42. The van der Waals surface area contributed by atoms with Crippen molar-refractivity contribution in [2.45, 2.75) is 32.4 Å². The minimum atomic E-state index is -0.783. The minimum Gasteiger partial charge on any atom is -0.480 e. The summed E-state index contributed by atoms with van der Waals surface area (Å²) in [4.78, 5) is 30.3. The van der Waals surface area contributed by atoms with Crippen LogP contribution in [0.25, 0.3) is 0 Å². The number of carboxylic acid groups (broad SMARTS) is 1. The maximum absolute atomic E-state index is 12.4. The third kappa shape index (κ3) is 6.26. The number of aliphatic carboxylic acids is 1. The van der Waals surface area contributed by atoms with Gasteiger partial charge in [0.2, 0.25) is 5.91 Å². The first-order valence-corrected chi connectivity index (χ1v) is 9.74. The van der Waals surface area contributed by atoms with Gasteiger partial charge in [-0.2, -0.15) is 0 Å².